The van der Waals surface area contributed by atoms with Gasteiger partial charge in [0.2, 0.25) is 0 Å². The minimum absolute atomic E-state index is 0.104. The summed E-state index contributed by atoms with van der Waals surface area (Å²) in [5.41, 5.74) is 2.99. The fraction of sp³-hybridized carbons (Fsp3) is 0.333. The van der Waals surface area contributed by atoms with Gasteiger partial charge in [-0.1, -0.05) is 61.7 Å². The van der Waals surface area contributed by atoms with Crippen LogP contribution in [-0.2, 0) is 21.4 Å². The summed E-state index contributed by atoms with van der Waals surface area (Å²) in [4.78, 5) is 4.22. The van der Waals surface area contributed by atoms with Crippen molar-refractivity contribution in [3.05, 3.63) is 90.8 Å². The molecule has 0 saturated heterocycles. The van der Waals surface area contributed by atoms with Gasteiger partial charge in [0.1, 0.15) is 0 Å². The first kappa shape index (κ1) is 28.3. The summed E-state index contributed by atoms with van der Waals surface area (Å²) in [6.07, 6.45) is 7.05. The molecule has 8 heteroatoms. The molecule has 0 aliphatic carbocycles. The van der Waals surface area contributed by atoms with Crippen molar-refractivity contribution in [1.29, 1.82) is 0 Å². The average molecular weight is 501 g/mol. The largest absolute Gasteiger partial charge is 0.389 e. The van der Waals surface area contributed by atoms with Crippen LogP contribution in [0.2, 0.25) is 0 Å². The standard InChI is InChI=1S/C19H28N2O2.C8H8O3S/c1-5-16-6-8-17(9-7-16)12-20-10-11-21(15-20)13-18(22)14-23-19(2,3)4;1-2-7-3-5-8(6-4-7)12(9,10)11/h5-11,18,22H,1,12-15H2,2-4H3;2-6H,1H2,(H,9,10,11). The van der Waals surface area contributed by atoms with Crippen LogP contribution < -0.4 is 0 Å². The van der Waals surface area contributed by atoms with Crippen molar-refractivity contribution in [2.24, 2.45) is 0 Å². The smallest absolute Gasteiger partial charge is 0.294 e. The lowest BCUT2D eigenvalue weighted by atomic mass is 10.1. The fourth-order valence-corrected chi connectivity index (χ4v) is 3.66. The van der Waals surface area contributed by atoms with Crippen LogP contribution in [0.15, 0.2) is 79.0 Å². The van der Waals surface area contributed by atoms with Crippen molar-refractivity contribution >= 4 is 22.3 Å². The molecule has 1 aliphatic heterocycles. The van der Waals surface area contributed by atoms with Crippen molar-refractivity contribution < 1.29 is 22.8 Å². The van der Waals surface area contributed by atoms with Gasteiger partial charge in [-0.05, 0) is 49.6 Å². The summed E-state index contributed by atoms with van der Waals surface area (Å²) in [6.45, 7) is 15.9. The van der Waals surface area contributed by atoms with E-state index in [0.717, 1.165) is 24.3 Å². The molecular formula is C27H36N2O5S. The third-order valence-electron chi connectivity index (χ3n) is 5.02. The van der Waals surface area contributed by atoms with Gasteiger partial charge in [0, 0.05) is 25.5 Å². The lowest BCUT2D eigenvalue weighted by molar-refractivity contribution is -0.0541. The molecule has 7 nitrogen and oxygen atoms in total. The second kappa shape index (κ2) is 12.7. The highest BCUT2D eigenvalue weighted by atomic mass is 32.2. The van der Waals surface area contributed by atoms with E-state index in [-0.39, 0.29) is 10.5 Å². The van der Waals surface area contributed by atoms with Crippen LogP contribution in [0.5, 0.6) is 0 Å². The lowest BCUT2D eigenvalue weighted by Crippen LogP contribution is -2.35. The Morgan fingerprint density at radius 1 is 0.971 bits per heavy atom. The summed E-state index contributed by atoms with van der Waals surface area (Å²) in [7, 11) is -4.06. The molecule has 0 radical (unpaired) electrons. The predicted molar refractivity (Wildman–Crippen MR) is 141 cm³/mol. The van der Waals surface area contributed by atoms with Crippen molar-refractivity contribution in [3.63, 3.8) is 0 Å². The molecule has 2 N–H and O–H groups in total. The summed E-state index contributed by atoms with van der Waals surface area (Å²) in [6, 6.07) is 14.2. The molecule has 0 fully saturated rings. The summed E-state index contributed by atoms with van der Waals surface area (Å²) < 4.78 is 35.3. The topological polar surface area (TPSA) is 90.3 Å². The second-order valence-electron chi connectivity index (χ2n) is 9.23. The van der Waals surface area contributed by atoms with E-state index >= 15 is 0 Å². The molecule has 1 heterocycles. The normalized spacial score (nSPS) is 14.3. The second-order valence-corrected chi connectivity index (χ2v) is 10.7. The Balaban J connectivity index is 0.000000303. The maximum absolute atomic E-state index is 10.6. The molecule has 0 saturated carbocycles. The van der Waals surface area contributed by atoms with Crippen molar-refractivity contribution in [3.8, 4) is 0 Å². The lowest BCUT2D eigenvalue weighted by Gasteiger charge is -2.26. The van der Waals surface area contributed by atoms with E-state index < -0.39 is 16.2 Å². The highest BCUT2D eigenvalue weighted by Crippen LogP contribution is 2.15. The average Bonchev–Trinajstić information content (AvgIpc) is 3.24. The van der Waals surface area contributed by atoms with E-state index in [9.17, 15) is 13.5 Å². The van der Waals surface area contributed by atoms with Crippen LogP contribution in [0.1, 0.15) is 37.5 Å². The number of aliphatic hydroxyl groups excluding tert-OH is 1. The molecule has 0 aromatic heterocycles. The maximum Gasteiger partial charge on any atom is 0.294 e. The van der Waals surface area contributed by atoms with Gasteiger partial charge < -0.3 is 19.6 Å². The molecule has 0 bridgehead atoms. The van der Waals surface area contributed by atoms with E-state index in [1.807, 2.05) is 33.0 Å². The zero-order chi connectivity index (χ0) is 26.1. The Morgan fingerprint density at radius 3 is 1.97 bits per heavy atom. The molecular weight excluding hydrogens is 464 g/mol. The van der Waals surface area contributed by atoms with E-state index in [1.54, 1.807) is 18.2 Å². The molecule has 35 heavy (non-hydrogen) atoms. The minimum Gasteiger partial charge on any atom is -0.389 e. The van der Waals surface area contributed by atoms with Crippen molar-refractivity contribution in [2.75, 3.05) is 19.8 Å². The highest BCUT2D eigenvalue weighted by Gasteiger charge is 2.18. The number of hydrogen-bond donors (Lipinski definition) is 2. The van der Waals surface area contributed by atoms with Gasteiger partial charge in [0.15, 0.2) is 0 Å². The first-order valence-electron chi connectivity index (χ1n) is 11.3. The van der Waals surface area contributed by atoms with Gasteiger partial charge in [-0.15, -0.1) is 0 Å². The van der Waals surface area contributed by atoms with Crippen molar-refractivity contribution in [1.82, 2.24) is 9.80 Å². The number of ether oxygens (including phenoxy) is 1. The van der Waals surface area contributed by atoms with Crippen LogP contribution >= 0.6 is 0 Å². The zero-order valence-electron chi connectivity index (χ0n) is 20.7. The van der Waals surface area contributed by atoms with Crippen LogP contribution in [0, 0.1) is 0 Å². The van der Waals surface area contributed by atoms with Gasteiger partial charge in [-0.3, -0.25) is 4.55 Å². The fourth-order valence-electron chi connectivity index (χ4n) is 3.18. The van der Waals surface area contributed by atoms with E-state index in [0.29, 0.717) is 13.2 Å². The monoisotopic (exact) mass is 500 g/mol. The Morgan fingerprint density at radius 2 is 1.49 bits per heavy atom. The molecule has 190 valence electrons. The van der Waals surface area contributed by atoms with Crippen LogP contribution in [0.25, 0.3) is 12.2 Å². The maximum atomic E-state index is 10.6. The van der Waals surface area contributed by atoms with Crippen LogP contribution in [0.3, 0.4) is 0 Å². The molecule has 1 unspecified atom stereocenters. The van der Waals surface area contributed by atoms with E-state index in [2.05, 4.69) is 53.4 Å². The van der Waals surface area contributed by atoms with Gasteiger partial charge >= 0.3 is 0 Å². The Bertz CT molecular complexity index is 1090. The third-order valence-corrected chi connectivity index (χ3v) is 5.89. The van der Waals surface area contributed by atoms with Gasteiger partial charge in [0.05, 0.1) is 29.9 Å². The minimum atomic E-state index is -4.06. The zero-order valence-corrected chi connectivity index (χ0v) is 21.5. The van der Waals surface area contributed by atoms with Gasteiger partial charge in [0.25, 0.3) is 10.1 Å². The first-order valence-corrected chi connectivity index (χ1v) is 12.7. The summed E-state index contributed by atoms with van der Waals surface area (Å²) >= 11 is 0. The number of aliphatic hydroxyl groups is 1. The molecule has 2 aromatic carbocycles. The van der Waals surface area contributed by atoms with Gasteiger partial charge in [-0.2, -0.15) is 8.42 Å². The van der Waals surface area contributed by atoms with Gasteiger partial charge in [-0.25, -0.2) is 0 Å². The SMILES string of the molecule is C=Cc1ccc(CN2C=CN(CC(O)COC(C)(C)C)C2)cc1.C=Cc1ccc(S(=O)(=O)O)cc1. The molecule has 1 atom stereocenters. The predicted octanol–water partition coefficient (Wildman–Crippen LogP) is 4.63. The summed E-state index contributed by atoms with van der Waals surface area (Å²) in [5, 5.41) is 10.1. The number of hydrogen-bond acceptors (Lipinski definition) is 6. The third kappa shape index (κ3) is 10.5. The van der Waals surface area contributed by atoms with Crippen molar-refractivity contribution in [2.45, 2.75) is 43.9 Å². The number of nitrogens with zero attached hydrogens (tertiary/aromatic N) is 2. The number of benzene rings is 2. The quantitative estimate of drug-likeness (QED) is 0.485. The number of rotatable bonds is 9. The molecule has 1 aliphatic rings. The first-order chi connectivity index (χ1) is 16.4. The van der Waals surface area contributed by atoms with E-state index in [1.165, 1.54) is 17.7 Å². The number of β-amino-alcohol motifs (C(OH)–C–C–N with tert-alkyl or cyclic N) is 1. The molecule has 3 rings (SSSR count). The Labute approximate surface area is 209 Å². The Hall–Kier alpha value is -2.91. The molecule has 0 amide bonds. The molecule has 2 aromatic rings. The molecule has 0 spiro atoms. The Kier molecular flexibility index (Phi) is 10.3. The van der Waals surface area contributed by atoms with Crippen LogP contribution in [0.4, 0.5) is 0 Å². The highest BCUT2D eigenvalue weighted by molar-refractivity contribution is 7.85. The van der Waals surface area contributed by atoms with E-state index in [4.69, 9.17) is 9.29 Å². The summed E-state index contributed by atoms with van der Waals surface area (Å²) in [5.74, 6) is 0. The van der Waals surface area contributed by atoms with Crippen LogP contribution in [-0.4, -0.2) is 59.4 Å².